The first-order valence-electron chi connectivity index (χ1n) is 30.9. The van der Waals surface area contributed by atoms with Gasteiger partial charge in [0.15, 0.2) is 6.29 Å². The molecule has 2 heterocycles. The van der Waals surface area contributed by atoms with Crippen LogP contribution in [0.3, 0.4) is 0 Å². The van der Waals surface area contributed by atoms with Crippen LogP contribution in [0.2, 0.25) is 10.0 Å². The summed E-state index contributed by atoms with van der Waals surface area (Å²) >= 11 is 11.2. The molecule has 4 aromatic carbocycles. The molecular formula is C64H82Cl2F12N8O15S2. The van der Waals surface area contributed by atoms with Crippen molar-refractivity contribution >= 4 is 88.1 Å². The molecule has 2 aliphatic rings. The van der Waals surface area contributed by atoms with E-state index in [0.29, 0.717) is 67.2 Å². The maximum Gasteiger partial charge on any atom is 0.434 e. The van der Waals surface area contributed by atoms with Gasteiger partial charge >= 0.3 is 72.0 Å². The van der Waals surface area contributed by atoms with E-state index in [1.54, 1.807) is 59.3 Å². The van der Waals surface area contributed by atoms with E-state index >= 15 is 0 Å². The highest BCUT2D eigenvalue weighted by atomic mass is 35.5. The lowest BCUT2D eigenvalue weighted by Crippen LogP contribution is -2.52. The Balaban J connectivity index is 0.000000557. The third-order valence-corrected chi connectivity index (χ3v) is 14.6. The van der Waals surface area contributed by atoms with Gasteiger partial charge < -0.3 is 53.3 Å². The number of alkyl halides is 12. The van der Waals surface area contributed by atoms with E-state index in [9.17, 15) is 76.7 Å². The van der Waals surface area contributed by atoms with Crippen LogP contribution in [-0.2, 0) is 71.3 Å². The van der Waals surface area contributed by atoms with Crippen LogP contribution in [0.4, 0.5) is 73.6 Å². The Morgan fingerprint density at radius 3 is 1.22 bits per heavy atom. The smallest absolute Gasteiger partial charge is 0.434 e. The molecule has 0 bridgehead atoms. The molecule has 1 N–H and O–H groups in total. The number of aldehydes is 1. The highest BCUT2D eigenvalue weighted by molar-refractivity contribution is 7.52. The highest BCUT2D eigenvalue weighted by Gasteiger charge is 2.61. The van der Waals surface area contributed by atoms with Crippen molar-refractivity contribution in [3.8, 4) is 11.5 Å². The number of anilines is 2. The number of ether oxygens (including phenoxy) is 6. The van der Waals surface area contributed by atoms with Crippen molar-refractivity contribution in [1.29, 1.82) is 0 Å². The lowest BCUT2D eigenvalue weighted by molar-refractivity contribution is -0.309. The molecule has 0 radical (unpaired) electrons. The number of benzene rings is 4. The molecule has 2 fully saturated rings. The molecule has 4 aromatic rings. The number of carbonyl (C=O) groups excluding carboxylic acids is 5. The van der Waals surface area contributed by atoms with Crippen molar-refractivity contribution in [2.75, 3.05) is 130 Å². The van der Waals surface area contributed by atoms with Crippen LogP contribution in [0.1, 0.15) is 68.6 Å². The van der Waals surface area contributed by atoms with Crippen molar-refractivity contribution < 1.29 is 122 Å². The molecule has 23 nitrogen and oxygen atoms in total. The lowest BCUT2D eigenvalue weighted by Gasteiger charge is -2.36. The summed E-state index contributed by atoms with van der Waals surface area (Å²) in [5, 5.41) is 3.83. The zero-order chi connectivity index (χ0) is 78.3. The predicted molar refractivity (Wildman–Crippen MR) is 357 cm³/mol. The molecule has 0 spiro atoms. The maximum atomic E-state index is 12.9. The van der Waals surface area contributed by atoms with E-state index in [2.05, 4.69) is 24.6 Å². The summed E-state index contributed by atoms with van der Waals surface area (Å²) in [7, 11) is 6.88. The quantitative estimate of drug-likeness (QED) is 0.0314. The first-order valence-corrected chi connectivity index (χ1v) is 32.9. The van der Waals surface area contributed by atoms with Crippen LogP contribution < -0.4 is 24.6 Å². The Morgan fingerprint density at radius 2 is 0.874 bits per heavy atom. The Labute approximate surface area is 605 Å². The van der Waals surface area contributed by atoms with E-state index in [1.165, 1.54) is 0 Å². The third kappa shape index (κ3) is 35.7. The zero-order valence-corrected chi connectivity index (χ0v) is 60.8. The average molecular weight is 1570 g/mol. The van der Waals surface area contributed by atoms with Gasteiger partial charge in [-0.2, -0.15) is 69.5 Å². The van der Waals surface area contributed by atoms with E-state index in [0.717, 1.165) is 49.9 Å². The van der Waals surface area contributed by atoms with Gasteiger partial charge in [0.25, 0.3) is 12.2 Å². The number of nitrogens with zero attached hydrogens (tertiary/aromatic N) is 7. The van der Waals surface area contributed by atoms with Crippen molar-refractivity contribution in [2.45, 2.75) is 109 Å². The van der Waals surface area contributed by atoms with Crippen LogP contribution in [0.25, 0.3) is 0 Å². The normalized spacial score (nSPS) is 13.7. The minimum absolute atomic E-state index is 0.00126. The van der Waals surface area contributed by atoms with Gasteiger partial charge in [0.1, 0.15) is 22.7 Å². The zero-order valence-electron chi connectivity index (χ0n) is 57.7. The number of carbonyl (C=O) groups is 5. The molecule has 0 saturated carbocycles. The van der Waals surface area contributed by atoms with Gasteiger partial charge in [-0.05, 0) is 127 Å². The van der Waals surface area contributed by atoms with Gasteiger partial charge in [-0.15, -0.1) is 0 Å². The second-order valence-corrected chi connectivity index (χ2v) is 25.8. The fourth-order valence-electron chi connectivity index (χ4n) is 9.42. The molecule has 0 atom stereocenters. The van der Waals surface area contributed by atoms with Crippen LogP contribution in [-0.4, -0.2) is 240 Å². The van der Waals surface area contributed by atoms with E-state index in [4.69, 9.17) is 59.0 Å². The minimum Gasteiger partial charge on any atom is -0.497 e. The Hall–Kier alpha value is -7.55. The second kappa shape index (κ2) is 43.0. The Bertz CT molecular complexity index is 3330. The molecule has 0 aliphatic carbocycles. The molecule has 2 aliphatic heterocycles. The van der Waals surface area contributed by atoms with Gasteiger partial charge in [-0.3, -0.25) is 29.1 Å². The van der Waals surface area contributed by atoms with E-state index < -0.39 is 83.4 Å². The number of hydrogen-bond donors (Lipinski definition) is 1. The minimum atomic E-state index is -5.79. The Kier molecular flexibility index (Phi) is 38.2. The largest absolute Gasteiger partial charge is 0.497 e. The number of methoxy groups -OCH3 is 2. The number of amides is 2. The fourth-order valence-corrected chi connectivity index (χ4v) is 9.76. The predicted octanol–water partition coefficient (Wildman–Crippen LogP) is 11.0. The Morgan fingerprint density at radius 1 is 0.524 bits per heavy atom. The van der Waals surface area contributed by atoms with Crippen LogP contribution in [0.15, 0.2) is 84.9 Å². The van der Waals surface area contributed by atoms with Gasteiger partial charge in [0.2, 0.25) is 0 Å². The SMILES string of the molecule is COc1ccc(CN(CCN(C)CC(=O)OC(C)(C)C)c2cc(Cl)ccc2C=O)cc1.COc1ccc(CN(CCN(C)CC(=O)OC(C)(C)C)c2cc(Cl)ccc2CN2CCN(C(=O)OC(C(F)(F)F)C(F)(F)F)CC2)cc1.O=C(OC(C(F)(F)F)C(F)(F)F)N1CCNCC1.O=S=O.O=S=O. The molecule has 0 unspecified atom stereocenters. The highest BCUT2D eigenvalue weighted by Crippen LogP contribution is 2.38. The van der Waals surface area contributed by atoms with Crippen LogP contribution >= 0.6 is 23.2 Å². The van der Waals surface area contributed by atoms with Crippen LogP contribution in [0, 0.1) is 0 Å². The number of halogens is 14. The molecule has 2 amide bonds. The number of esters is 2. The molecule has 103 heavy (non-hydrogen) atoms. The summed E-state index contributed by atoms with van der Waals surface area (Å²) in [6, 6.07) is 25.9. The first kappa shape index (κ1) is 91.5. The summed E-state index contributed by atoms with van der Waals surface area (Å²) in [6.07, 6.45) is -33.7. The van der Waals surface area contributed by atoms with Gasteiger partial charge in [0, 0.05) is 125 Å². The molecule has 2 saturated heterocycles. The van der Waals surface area contributed by atoms with Gasteiger partial charge in [-0.1, -0.05) is 53.5 Å². The standard InChI is InChI=1S/C32H41ClF6N4O5.C24H31ClN2O4.C8H10F6N2O2.2O2S/c1-30(2,3)48-27(44)21-40(4)12-15-43(19-22-6-10-25(46-5)11-7-22)26-18-24(33)9-8-23(26)20-41-13-16-42(17-14-41)29(45)47-28(31(34,35)36)32(37,38)39;1-24(2,3)31-23(29)16-26(4)12-13-27(15-18-6-10-21(30-5)11-7-18)22-14-20(25)9-8-19(22)17-28;9-7(10,11)5(8(12,13)14)18-6(17)16-3-1-15-2-4-16;2*1-3-2/h6-11,18,28H,12-17,19-21H2,1-5H3;6-11,14,17H,12-13,15-16H2,1-5H3;5,15H,1-4H2;;. The first-order chi connectivity index (χ1) is 47.8. The van der Waals surface area contributed by atoms with Crippen LogP contribution in [0.5, 0.6) is 11.5 Å². The number of piperazine rings is 2. The number of likely N-dealkylation sites (N-methyl/N-ethyl adjacent to an activating group) is 2. The number of rotatable bonds is 23. The van der Waals surface area contributed by atoms with Crippen molar-refractivity contribution in [3.63, 3.8) is 0 Å². The summed E-state index contributed by atoms with van der Waals surface area (Å²) in [6.45, 7) is 15.4. The summed E-state index contributed by atoms with van der Waals surface area (Å²) in [4.78, 5) is 71.1. The third-order valence-electron chi connectivity index (χ3n) is 14.1. The second-order valence-electron chi connectivity index (χ2n) is 24.6. The van der Waals surface area contributed by atoms with Crippen molar-refractivity contribution in [3.05, 3.63) is 117 Å². The molecular weight excluding hydrogens is 1480 g/mol. The molecule has 6 rings (SSSR count). The monoisotopic (exact) mass is 1560 g/mol. The molecule has 0 aromatic heterocycles. The summed E-state index contributed by atoms with van der Waals surface area (Å²) in [5.41, 5.74) is 3.87. The van der Waals surface area contributed by atoms with E-state index in [1.807, 2.05) is 110 Å². The maximum absolute atomic E-state index is 12.9. The van der Waals surface area contributed by atoms with Crippen molar-refractivity contribution in [1.82, 2.24) is 29.8 Å². The van der Waals surface area contributed by atoms with E-state index in [-0.39, 0.29) is 77.4 Å². The number of nitrogens with one attached hydrogen (secondary N) is 1. The van der Waals surface area contributed by atoms with Gasteiger partial charge in [-0.25, -0.2) is 9.59 Å². The summed E-state index contributed by atoms with van der Waals surface area (Å²) < 4.78 is 212. The van der Waals surface area contributed by atoms with Gasteiger partial charge in [0.05, 0.1) is 27.3 Å². The molecule has 39 heteroatoms. The fraction of sp³-hybridized carbons (Fsp3) is 0.547. The van der Waals surface area contributed by atoms with Crippen molar-refractivity contribution in [2.24, 2.45) is 0 Å². The average Bonchev–Trinajstić information content (AvgIpc) is 0.831. The molecule has 578 valence electrons. The summed E-state index contributed by atoms with van der Waals surface area (Å²) in [5.74, 6) is 0.850. The number of hydrogen-bond acceptors (Lipinski definition) is 21. The topological polar surface area (TPSA) is 244 Å². The lowest BCUT2D eigenvalue weighted by atomic mass is 10.1.